The number of hydrogen-bond donors (Lipinski definition) is 0. The van der Waals surface area contributed by atoms with Crippen molar-refractivity contribution in [3.63, 3.8) is 0 Å². The molecule has 0 bridgehead atoms. The molecular formula is C14H11N3O2S. The minimum atomic E-state index is 0.00755. The monoisotopic (exact) mass is 285 g/mol. The zero-order valence-corrected chi connectivity index (χ0v) is 11.3. The van der Waals surface area contributed by atoms with Crippen LogP contribution in [0.2, 0.25) is 0 Å². The number of carbonyl (C=O) groups excluding carboxylic acids is 1. The lowest BCUT2D eigenvalue weighted by Crippen LogP contribution is -2.28. The van der Waals surface area contributed by atoms with E-state index in [0.29, 0.717) is 16.7 Å². The molecule has 20 heavy (non-hydrogen) atoms. The summed E-state index contributed by atoms with van der Waals surface area (Å²) in [4.78, 5) is 13.5. The largest absolute Gasteiger partial charge is 0.463 e. The van der Waals surface area contributed by atoms with E-state index in [2.05, 4.69) is 10.2 Å². The number of nitrogens with zero attached hydrogens (tertiary/aromatic N) is 3. The summed E-state index contributed by atoms with van der Waals surface area (Å²) in [5, 5.41) is 8.63. The Morgan fingerprint density at radius 1 is 1.20 bits per heavy atom. The van der Waals surface area contributed by atoms with E-state index in [4.69, 9.17) is 4.42 Å². The third-order valence-corrected chi connectivity index (χ3v) is 3.56. The van der Waals surface area contributed by atoms with Crippen LogP contribution in [0.4, 0.5) is 5.69 Å². The predicted molar refractivity (Wildman–Crippen MR) is 80.1 cm³/mol. The summed E-state index contributed by atoms with van der Waals surface area (Å²) >= 11 is 1.37. The highest BCUT2D eigenvalue weighted by atomic mass is 32.2. The Morgan fingerprint density at radius 3 is 2.80 bits per heavy atom. The fraction of sp³-hybridized carbons (Fsp3) is 0.0714. The van der Waals surface area contributed by atoms with Gasteiger partial charge in [-0.25, -0.2) is 0 Å². The van der Waals surface area contributed by atoms with E-state index in [1.54, 1.807) is 23.3 Å². The molecule has 1 aliphatic heterocycles. The highest BCUT2D eigenvalue weighted by Gasteiger charge is 2.29. The number of furan rings is 1. The number of carbonyl (C=O) groups is 1. The second-order valence-corrected chi connectivity index (χ2v) is 4.94. The van der Waals surface area contributed by atoms with Gasteiger partial charge in [-0.3, -0.25) is 9.69 Å². The lowest BCUT2D eigenvalue weighted by Gasteiger charge is -2.14. The molecule has 0 unspecified atom stereocenters. The molecule has 1 aromatic carbocycles. The summed E-state index contributed by atoms with van der Waals surface area (Å²) in [6.07, 6.45) is 3.08. The van der Waals surface area contributed by atoms with E-state index >= 15 is 0 Å². The molecule has 1 aromatic heterocycles. The number of rotatable bonds is 3. The third-order valence-electron chi connectivity index (χ3n) is 2.65. The topological polar surface area (TPSA) is 58.2 Å². The summed E-state index contributed by atoms with van der Waals surface area (Å²) in [6.45, 7) is 0. The van der Waals surface area contributed by atoms with Crippen LogP contribution in [-0.4, -0.2) is 23.0 Å². The van der Waals surface area contributed by atoms with Crippen molar-refractivity contribution in [2.75, 3.05) is 10.7 Å². The van der Waals surface area contributed by atoms with Gasteiger partial charge in [0.05, 0.1) is 23.9 Å². The summed E-state index contributed by atoms with van der Waals surface area (Å²) < 4.78 is 5.12. The molecular weight excluding hydrogens is 274 g/mol. The van der Waals surface area contributed by atoms with Gasteiger partial charge in [-0.05, 0) is 24.3 Å². The van der Waals surface area contributed by atoms with Gasteiger partial charge in [0.25, 0.3) is 0 Å². The number of para-hydroxylation sites is 1. The third kappa shape index (κ3) is 2.65. The Kier molecular flexibility index (Phi) is 3.64. The molecule has 2 heterocycles. The Hall–Kier alpha value is -2.34. The van der Waals surface area contributed by atoms with E-state index < -0.39 is 0 Å². The molecule has 2 aromatic rings. The van der Waals surface area contributed by atoms with Gasteiger partial charge in [-0.2, -0.15) is 5.10 Å². The van der Waals surface area contributed by atoms with Crippen LogP contribution < -0.4 is 4.90 Å². The van der Waals surface area contributed by atoms with Crippen LogP contribution in [-0.2, 0) is 4.79 Å². The molecule has 1 fully saturated rings. The first-order chi connectivity index (χ1) is 9.84. The highest BCUT2D eigenvalue weighted by molar-refractivity contribution is 8.15. The molecule has 1 aliphatic rings. The number of hydrogen-bond acceptors (Lipinski definition) is 5. The first-order valence-electron chi connectivity index (χ1n) is 6.00. The average molecular weight is 285 g/mol. The smallest absolute Gasteiger partial charge is 0.243 e. The van der Waals surface area contributed by atoms with E-state index in [1.165, 1.54) is 18.0 Å². The van der Waals surface area contributed by atoms with Crippen molar-refractivity contribution in [3.05, 3.63) is 54.5 Å². The number of benzene rings is 1. The second-order valence-electron chi connectivity index (χ2n) is 4.00. The summed E-state index contributed by atoms with van der Waals surface area (Å²) in [6, 6.07) is 13.0. The second kappa shape index (κ2) is 5.75. The molecule has 0 radical (unpaired) electrons. The molecule has 6 heteroatoms. The van der Waals surface area contributed by atoms with E-state index in [-0.39, 0.29) is 5.91 Å². The predicted octanol–water partition coefficient (Wildman–Crippen LogP) is 2.75. The van der Waals surface area contributed by atoms with Gasteiger partial charge in [-0.15, -0.1) is 5.10 Å². The van der Waals surface area contributed by atoms with Crippen molar-refractivity contribution in [2.45, 2.75) is 0 Å². The number of thioether (sulfide) groups is 1. The van der Waals surface area contributed by atoms with Gasteiger partial charge in [0, 0.05) is 0 Å². The number of anilines is 1. The van der Waals surface area contributed by atoms with Crippen molar-refractivity contribution in [2.24, 2.45) is 10.2 Å². The van der Waals surface area contributed by atoms with Crippen molar-refractivity contribution in [3.8, 4) is 0 Å². The van der Waals surface area contributed by atoms with E-state index in [9.17, 15) is 4.79 Å². The maximum Gasteiger partial charge on any atom is 0.243 e. The first kappa shape index (κ1) is 12.7. The van der Waals surface area contributed by atoms with Crippen LogP contribution in [0.3, 0.4) is 0 Å². The highest BCUT2D eigenvalue weighted by Crippen LogP contribution is 2.26. The zero-order valence-electron chi connectivity index (χ0n) is 10.5. The molecule has 100 valence electrons. The van der Waals surface area contributed by atoms with Crippen molar-refractivity contribution in [1.29, 1.82) is 0 Å². The van der Waals surface area contributed by atoms with Gasteiger partial charge < -0.3 is 4.42 Å². The van der Waals surface area contributed by atoms with Gasteiger partial charge in [-0.1, -0.05) is 30.0 Å². The Bertz CT molecular complexity index is 650. The van der Waals surface area contributed by atoms with Crippen molar-refractivity contribution >= 4 is 34.7 Å². The minimum absolute atomic E-state index is 0.00755. The molecule has 1 amide bonds. The van der Waals surface area contributed by atoms with E-state index in [0.717, 1.165) is 5.69 Å². The van der Waals surface area contributed by atoms with Crippen LogP contribution in [0.15, 0.2) is 63.3 Å². The van der Waals surface area contributed by atoms with Crippen LogP contribution in [0.25, 0.3) is 0 Å². The van der Waals surface area contributed by atoms with Crippen LogP contribution >= 0.6 is 11.8 Å². The summed E-state index contributed by atoms with van der Waals surface area (Å²) in [5.74, 6) is 1.01. The fourth-order valence-electron chi connectivity index (χ4n) is 1.77. The molecule has 1 saturated heterocycles. The Balaban J connectivity index is 1.83. The zero-order chi connectivity index (χ0) is 13.8. The Labute approximate surface area is 120 Å². The summed E-state index contributed by atoms with van der Waals surface area (Å²) in [7, 11) is 0. The van der Waals surface area contributed by atoms with Gasteiger partial charge in [0.2, 0.25) is 5.91 Å². The van der Waals surface area contributed by atoms with E-state index in [1.807, 2.05) is 30.3 Å². The van der Waals surface area contributed by atoms with Crippen LogP contribution in [0.5, 0.6) is 0 Å². The molecule has 0 aliphatic carbocycles. The quantitative estimate of drug-likeness (QED) is 0.643. The lowest BCUT2D eigenvalue weighted by molar-refractivity contribution is -0.115. The maximum absolute atomic E-state index is 11.9. The molecule has 5 nitrogen and oxygen atoms in total. The summed E-state index contributed by atoms with van der Waals surface area (Å²) in [5.41, 5.74) is 0.800. The van der Waals surface area contributed by atoms with Gasteiger partial charge in [0.1, 0.15) is 5.76 Å². The SMILES string of the molecule is O=C1CS/C(=N\N=C/c2ccco2)N1c1ccccc1. The first-order valence-corrected chi connectivity index (χ1v) is 6.98. The lowest BCUT2D eigenvalue weighted by atomic mass is 10.3. The van der Waals surface area contributed by atoms with Crippen LogP contribution in [0.1, 0.15) is 5.76 Å². The van der Waals surface area contributed by atoms with Gasteiger partial charge in [0.15, 0.2) is 5.17 Å². The Morgan fingerprint density at radius 2 is 2.05 bits per heavy atom. The van der Waals surface area contributed by atoms with Gasteiger partial charge >= 0.3 is 0 Å². The van der Waals surface area contributed by atoms with Crippen LogP contribution in [0, 0.1) is 0 Å². The average Bonchev–Trinajstić information content (AvgIpc) is 3.10. The van der Waals surface area contributed by atoms with Crippen molar-refractivity contribution < 1.29 is 9.21 Å². The molecule has 0 saturated carbocycles. The normalized spacial score (nSPS) is 17.5. The molecule has 0 atom stereocenters. The fourth-order valence-corrected chi connectivity index (χ4v) is 2.59. The standard InChI is InChI=1S/C14H11N3O2S/c18-13-10-20-14(16-15-9-12-7-4-8-19-12)17(13)11-5-2-1-3-6-11/h1-9H,10H2/b15-9-,16-14-. The minimum Gasteiger partial charge on any atom is -0.463 e. The van der Waals surface area contributed by atoms with Crippen molar-refractivity contribution in [1.82, 2.24) is 0 Å². The number of amidine groups is 1. The molecule has 0 N–H and O–H groups in total. The molecule has 0 spiro atoms. The molecule has 3 rings (SSSR count). The maximum atomic E-state index is 11.9. The number of amides is 1.